The van der Waals surface area contributed by atoms with Crippen LogP contribution in [0.2, 0.25) is 0 Å². The Morgan fingerprint density at radius 2 is 1.95 bits per heavy atom. The van der Waals surface area contributed by atoms with E-state index < -0.39 is 16.4 Å². The smallest absolute Gasteiger partial charge is 0.304 e. The lowest BCUT2D eigenvalue weighted by Crippen LogP contribution is -1.98. The van der Waals surface area contributed by atoms with Crippen LogP contribution in [0.15, 0.2) is 42.5 Å². The van der Waals surface area contributed by atoms with Crippen molar-refractivity contribution in [2.45, 2.75) is 6.61 Å². The van der Waals surface area contributed by atoms with Crippen molar-refractivity contribution in [1.29, 1.82) is 0 Å². The number of nitrogens with zero attached hydrogens (tertiary/aromatic N) is 1. The van der Waals surface area contributed by atoms with Gasteiger partial charge in [0.05, 0.1) is 4.92 Å². The van der Waals surface area contributed by atoms with Gasteiger partial charge in [0.15, 0.2) is 0 Å². The first-order valence-electron chi connectivity index (χ1n) is 5.93. The summed E-state index contributed by atoms with van der Waals surface area (Å²) >= 11 is 0. The third kappa shape index (κ3) is 3.23. The van der Waals surface area contributed by atoms with Crippen molar-refractivity contribution in [3.8, 4) is 5.75 Å². The Labute approximate surface area is 115 Å². The van der Waals surface area contributed by atoms with Gasteiger partial charge in [0.1, 0.15) is 12.4 Å². The second-order valence-electron chi connectivity index (χ2n) is 4.11. The Morgan fingerprint density at radius 3 is 2.50 bits per heavy atom. The third-order valence-electron chi connectivity index (χ3n) is 2.76. The van der Waals surface area contributed by atoms with Crippen LogP contribution in [-0.4, -0.2) is 12.0 Å². The number of hydrogen-bond acceptors (Lipinski definition) is 4. The predicted octanol–water partition coefficient (Wildman–Crippen LogP) is 3.35. The highest BCUT2D eigenvalue weighted by Crippen LogP contribution is 2.20. The molecule has 0 bridgehead atoms. The van der Waals surface area contributed by atoms with E-state index in [9.17, 15) is 14.5 Å². The third-order valence-corrected chi connectivity index (χ3v) is 2.76. The van der Waals surface area contributed by atoms with Crippen molar-refractivity contribution < 1.29 is 14.1 Å². The summed E-state index contributed by atoms with van der Waals surface area (Å²) in [6, 6.07) is 11.0. The molecule has 20 heavy (non-hydrogen) atoms. The molecule has 0 saturated heterocycles. The summed E-state index contributed by atoms with van der Waals surface area (Å²) in [5.74, 6) is -0.218. The zero-order chi connectivity index (χ0) is 14.5. The first-order valence-corrected chi connectivity index (χ1v) is 5.93. The average Bonchev–Trinajstić information content (AvgIpc) is 2.45. The fourth-order valence-corrected chi connectivity index (χ4v) is 1.67. The number of ether oxygens (including phenoxy) is 1. The fraction of sp³-hybridized carbons (Fsp3) is 0.143. The molecule has 2 rings (SSSR count). The van der Waals surface area contributed by atoms with Crippen LogP contribution in [0.4, 0.5) is 15.8 Å². The molecule has 0 saturated carbocycles. The number of nitrogens with one attached hydrogen (secondary N) is 1. The summed E-state index contributed by atoms with van der Waals surface area (Å²) in [5, 5.41) is 13.5. The summed E-state index contributed by atoms with van der Waals surface area (Å²) in [6.45, 7) is 0.147. The van der Waals surface area contributed by atoms with Gasteiger partial charge in [-0.3, -0.25) is 10.1 Å². The number of anilines is 1. The Balaban J connectivity index is 2.03. The van der Waals surface area contributed by atoms with Gasteiger partial charge in [0.25, 0.3) is 0 Å². The molecule has 0 aliphatic rings. The summed E-state index contributed by atoms with van der Waals surface area (Å²) in [4.78, 5) is 9.75. The highest BCUT2D eigenvalue weighted by Gasteiger charge is 2.13. The van der Waals surface area contributed by atoms with Crippen molar-refractivity contribution in [2.75, 3.05) is 12.4 Å². The lowest BCUT2D eigenvalue weighted by atomic mass is 10.2. The fourth-order valence-electron chi connectivity index (χ4n) is 1.67. The molecule has 1 N–H and O–H groups in total. The Hall–Kier alpha value is -2.63. The van der Waals surface area contributed by atoms with Gasteiger partial charge in [-0.15, -0.1) is 0 Å². The van der Waals surface area contributed by atoms with Crippen LogP contribution in [0, 0.1) is 15.9 Å². The van der Waals surface area contributed by atoms with Crippen molar-refractivity contribution in [1.82, 2.24) is 0 Å². The molecule has 2 aromatic rings. The number of nitro benzene ring substituents is 1. The number of rotatable bonds is 5. The summed E-state index contributed by atoms with van der Waals surface area (Å²) in [7, 11) is 1.81. The van der Waals surface area contributed by atoms with E-state index in [1.807, 2.05) is 19.2 Å². The second-order valence-corrected chi connectivity index (χ2v) is 4.11. The molecule has 2 aromatic carbocycles. The Kier molecular flexibility index (Phi) is 4.14. The topological polar surface area (TPSA) is 64.4 Å². The maximum absolute atomic E-state index is 13.4. The van der Waals surface area contributed by atoms with Crippen LogP contribution in [-0.2, 0) is 6.61 Å². The second kappa shape index (κ2) is 6.01. The Morgan fingerprint density at radius 1 is 1.25 bits per heavy atom. The quantitative estimate of drug-likeness (QED) is 0.671. The Bertz CT molecular complexity index is 614. The molecule has 104 valence electrons. The van der Waals surface area contributed by atoms with Crippen LogP contribution in [0.25, 0.3) is 0 Å². The predicted molar refractivity (Wildman–Crippen MR) is 73.4 cm³/mol. The van der Waals surface area contributed by atoms with Gasteiger partial charge in [-0.2, -0.15) is 4.39 Å². The molecule has 6 heteroatoms. The lowest BCUT2D eigenvalue weighted by molar-refractivity contribution is -0.387. The minimum atomic E-state index is -0.860. The van der Waals surface area contributed by atoms with Crippen molar-refractivity contribution in [3.05, 3.63) is 64.0 Å². The van der Waals surface area contributed by atoms with Crippen molar-refractivity contribution in [2.24, 2.45) is 0 Å². The van der Waals surface area contributed by atoms with Gasteiger partial charge in [-0.05, 0) is 42.0 Å². The first kappa shape index (κ1) is 13.8. The monoisotopic (exact) mass is 276 g/mol. The first-order chi connectivity index (χ1) is 9.60. The molecule has 5 nitrogen and oxygen atoms in total. The molecule has 0 aliphatic heterocycles. The molecule has 0 amide bonds. The van der Waals surface area contributed by atoms with Gasteiger partial charge < -0.3 is 10.1 Å². The zero-order valence-electron chi connectivity index (χ0n) is 10.8. The number of halogens is 1. The van der Waals surface area contributed by atoms with Crippen LogP contribution >= 0.6 is 0 Å². The molecule has 0 aromatic heterocycles. The summed E-state index contributed by atoms with van der Waals surface area (Å²) < 4.78 is 18.9. The van der Waals surface area contributed by atoms with E-state index in [4.69, 9.17) is 4.74 Å². The molecule has 0 aliphatic carbocycles. The van der Waals surface area contributed by atoms with Crippen molar-refractivity contribution in [3.63, 3.8) is 0 Å². The van der Waals surface area contributed by atoms with Crippen LogP contribution in [0.5, 0.6) is 5.75 Å². The van der Waals surface area contributed by atoms with Gasteiger partial charge in [0, 0.05) is 18.8 Å². The van der Waals surface area contributed by atoms with Gasteiger partial charge >= 0.3 is 5.69 Å². The standard InChI is InChI=1S/C14H13FN2O3/c1-16-11-3-5-12(6-4-11)20-9-10-2-7-14(17(18)19)13(15)8-10/h2-8,16H,9H2,1H3. The van der Waals surface area contributed by atoms with E-state index in [-0.39, 0.29) is 6.61 Å². The minimum absolute atomic E-state index is 0.147. The van der Waals surface area contributed by atoms with Gasteiger partial charge in [-0.25, -0.2) is 0 Å². The highest BCUT2D eigenvalue weighted by molar-refractivity contribution is 5.45. The molecule has 0 spiro atoms. The maximum Gasteiger partial charge on any atom is 0.304 e. The van der Waals surface area contributed by atoms with E-state index in [1.165, 1.54) is 6.07 Å². The molecule has 0 atom stereocenters. The van der Waals surface area contributed by atoms with E-state index >= 15 is 0 Å². The van der Waals surface area contributed by atoms with Crippen LogP contribution in [0.3, 0.4) is 0 Å². The molecule has 0 fully saturated rings. The molecule has 0 unspecified atom stereocenters. The van der Waals surface area contributed by atoms with Crippen molar-refractivity contribution >= 4 is 11.4 Å². The lowest BCUT2D eigenvalue weighted by Gasteiger charge is -2.07. The normalized spacial score (nSPS) is 10.1. The summed E-state index contributed by atoms with van der Waals surface area (Å²) in [5.41, 5.74) is 0.955. The van der Waals surface area contributed by atoms with Gasteiger partial charge in [0.2, 0.25) is 5.82 Å². The maximum atomic E-state index is 13.4. The van der Waals surface area contributed by atoms with E-state index in [1.54, 1.807) is 12.1 Å². The molecular formula is C14H13FN2O3. The van der Waals surface area contributed by atoms with Crippen LogP contribution in [0.1, 0.15) is 5.56 Å². The molecule has 0 radical (unpaired) electrons. The van der Waals surface area contributed by atoms with Gasteiger partial charge in [-0.1, -0.05) is 0 Å². The number of nitro groups is 1. The number of benzene rings is 2. The number of hydrogen-bond donors (Lipinski definition) is 1. The van der Waals surface area contributed by atoms with E-state index in [0.29, 0.717) is 11.3 Å². The average molecular weight is 276 g/mol. The van der Waals surface area contributed by atoms with E-state index in [0.717, 1.165) is 17.8 Å². The largest absolute Gasteiger partial charge is 0.489 e. The highest BCUT2D eigenvalue weighted by atomic mass is 19.1. The molecular weight excluding hydrogens is 263 g/mol. The summed E-state index contributed by atoms with van der Waals surface area (Å²) in [6.07, 6.45) is 0. The zero-order valence-corrected chi connectivity index (χ0v) is 10.8. The van der Waals surface area contributed by atoms with E-state index in [2.05, 4.69) is 5.32 Å². The molecule has 0 heterocycles. The SMILES string of the molecule is CNc1ccc(OCc2ccc([N+](=O)[O-])c(F)c2)cc1. The van der Waals surface area contributed by atoms with Crippen LogP contribution < -0.4 is 10.1 Å². The minimum Gasteiger partial charge on any atom is -0.489 e.